The lowest BCUT2D eigenvalue weighted by atomic mass is 9.72. The topological polar surface area (TPSA) is 118 Å². The van der Waals surface area contributed by atoms with E-state index in [-0.39, 0.29) is 17.7 Å². The van der Waals surface area contributed by atoms with Crippen LogP contribution in [0, 0.1) is 0 Å². The lowest BCUT2D eigenvalue weighted by Crippen LogP contribution is -2.55. The molecule has 0 unspecified atom stereocenters. The van der Waals surface area contributed by atoms with Gasteiger partial charge < -0.3 is 4.74 Å². The number of benzene rings is 2. The Labute approximate surface area is 257 Å². The van der Waals surface area contributed by atoms with Crippen molar-refractivity contribution in [2.75, 3.05) is 0 Å². The fourth-order valence-corrected chi connectivity index (χ4v) is 5.50. The molecule has 0 bridgehead atoms. The number of halogens is 6. The molecule has 0 saturated heterocycles. The van der Waals surface area contributed by atoms with E-state index in [9.17, 15) is 52.3 Å². The van der Waals surface area contributed by atoms with Crippen molar-refractivity contribution in [2.45, 2.75) is 122 Å². The molecule has 0 aromatic heterocycles. The predicted octanol–water partition coefficient (Wildman–Crippen LogP) is 9.14. The average molecular weight is 683 g/mol. The first-order chi connectivity index (χ1) is 19.6. The molecule has 0 radical (unpaired) electrons. The SMILES string of the molecule is CC.CC.CC.CC(C)(C)Oc1ccc(C(c2ccc(C(C)(C)C)c(S(=O)(=O)O)c2)(C(F)(F)F)C(F)(F)F)cc1S(=O)(=O)O. The molecule has 15 heteroatoms. The van der Waals surface area contributed by atoms with E-state index < -0.39 is 75.7 Å². The molecule has 256 valence electrons. The van der Waals surface area contributed by atoms with E-state index in [1.807, 2.05) is 41.5 Å². The monoisotopic (exact) mass is 682 g/mol. The lowest BCUT2D eigenvalue weighted by Gasteiger charge is -2.39. The first-order valence-corrected chi connectivity index (χ1v) is 16.6. The van der Waals surface area contributed by atoms with Crippen molar-refractivity contribution in [2.24, 2.45) is 0 Å². The quantitative estimate of drug-likeness (QED) is 0.239. The van der Waals surface area contributed by atoms with E-state index in [0.717, 1.165) is 0 Å². The van der Waals surface area contributed by atoms with Gasteiger partial charge in [0.25, 0.3) is 20.2 Å². The molecular formula is C29H44F6O7S2. The Morgan fingerprint density at radius 2 is 0.932 bits per heavy atom. The normalized spacial score (nSPS) is 12.9. The summed E-state index contributed by atoms with van der Waals surface area (Å²) < 4.78 is 160. The molecule has 0 spiro atoms. The standard InChI is InChI=1S/C23H26F6O7S2.3C2H6/c1-19(2,3)15-9-7-13(11-17(15)37(30,31)32)21(22(24,25)26,23(27,28)29)14-8-10-16(36-20(4,5)6)18(12-14)38(33,34)35;3*1-2/h7-12H,1-6H3,(H,30,31,32)(H,33,34,35);3*1-2H3. The largest absolute Gasteiger partial charge is 0.487 e. The van der Waals surface area contributed by atoms with Gasteiger partial charge in [-0.3, -0.25) is 9.11 Å². The van der Waals surface area contributed by atoms with E-state index in [0.29, 0.717) is 24.3 Å². The Hall–Kier alpha value is -2.36. The third-order valence-electron chi connectivity index (χ3n) is 5.42. The Bertz CT molecular complexity index is 1420. The Morgan fingerprint density at radius 1 is 0.591 bits per heavy atom. The van der Waals surface area contributed by atoms with Crippen LogP contribution in [0.25, 0.3) is 0 Å². The average Bonchev–Trinajstić information content (AvgIpc) is 2.84. The highest BCUT2D eigenvalue weighted by atomic mass is 32.2. The zero-order valence-corrected chi connectivity index (χ0v) is 28.6. The molecule has 2 aromatic rings. The first kappa shape index (κ1) is 43.8. The molecule has 0 aliphatic heterocycles. The second-order valence-electron chi connectivity index (χ2n) is 10.5. The van der Waals surface area contributed by atoms with Crippen LogP contribution in [-0.4, -0.2) is 43.9 Å². The third kappa shape index (κ3) is 10.1. The number of rotatable bonds is 5. The molecule has 44 heavy (non-hydrogen) atoms. The van der Waals surface area contributed by atoms with Gasteiger partial charge in [-0.1, -0.05) is 80.5 Å². The smallest absolute Gasteiger partial charge is 0.411 e. The van der Waals surface area contributed by atoms with Gasteiger partial charge in [0, 0.05) is 0 Å². The summed E-state index contributed by atoms with van der Waals surface area (Å²) in [7, 11) is -10.7. The molecule has 2 aromatic carbocycles. The van der Waals surface area contributed by atoms with Gasteiger partial charge in [0.15, 0.2) is 0 Å². The Balaban J connectivity index is 0. The molecular weight excluding hydrogens is 638 g/mol. The summed E-state index contributed by atoms with van der Waals surface area (Å²) in [5.41, 5.74) is -10.9. The Morgan fingerprint density at radius 3 is 1.23 bits per heavy atom. The molecule has 2 N–H and O–H groups in total. The summed E-state index contributed by atoms with van der Waals surface area (Å²) in [6.07, 6.45) is -12.5. The van der Waals surface area contributed by atoms with Gasteiger partial charge in [0.05, 0.1) is 4.90 Å². The van der Waals surface area contributed by atoms with Crippen LogP contribution in [0.2, 0.25) is 0 Å². The van der Waals surface area contributed by atoms with E-state index in [1.165, 1.54) is 41.5 Å². The minimum atomic E-state index is -6.23. The van der Waals surface area contributed by atoms with Gasteiger partial charge >= 0.3 is 12.4 Å². The number of hydrogen-bond donors (Lipinski definition) is 2. The van der Waals surface area contributed by atoms with Crippen LogP contribution in [0.1, 0.15) is 99.8 Å². The van der Waals surface area contributed by atoms with Crippen LogP contribution < -0.4 is 4.74 Å². The highest BCUT2D eigenvalue weighted by Crippen LogP contribution is 2.57. The summed E-state index contributed by atoms with van der Waals surface area (Å²) in [5, 5.41) is 0. The van der Waals surface area contributed by atoms with Crippen molar-refractivity contribution in [3.8, 4) is 5.75 Å². The van der Waals surface area contributed by atoms with Gasteiger partial charge in [-0.25, -0.2) is 0 Å². The van der Waals surface area contributed by atoms with Gasteiger partial charge in [0.1, 0.15) is 16.2 Å². The molecule has 0 fully saturated rings. The predicted molar refractivity (Wildman–Crippen MR) is 159 cm³/mol. The molecule has 0 aliphatic carbocycles. The highest BCUT2D eigenvalue weighted by Gasteiger charge is 2.72. The van der Waals surface area contributed by atoms with E-state index >= 15 is 0 Å². The summed E-state index contributed by atoms with van der Waals surface area (Å²) in [4.78, 5) is -2.56. The second kappa shape index (κ2) is 15.3. The second-order valence-corrected chi connectivity index (χ2v) is 13.3. The van der Waals surface area contributed by atoms with Crippen LogP contribution in [0.5, 0.6) is 5.75 Å². The molecule has 2 rings (SSSR count). The van der Waals surface area contributed by atoms with Crippen LogP contribution >= 0.6 is 0 Å². The van der Waals surface area contributed by atoms with Gasteiger partial charge in [-0.15, -0.1) is 0 Å². The van der Waals surface area contributed by atoms with Crippen molar-refractivity contribution in [3.05, 3.63) is 53.1 Å². The van der Waals surface area contributed by atoms with Crippen LogP contribution in [0.4, 0.5) is 26.3 Å². The van der Waals surface area contributed by atoms with Crippen molar-refractivity contribution in [1.82, 2.24) is 0 Å². The molecule has 0 amide bonds. The minimum absolute atomic E-state index is 0.0256. The summed E-state index contributed by atoms with van der Waals surface area (Å²) >= 11 is 0. The van der Waals surface area contributed by atoms with Crippen molar-refractivity contribution >= 4 is 20.2 Å². The number of hydrogen-bond acceptors (Lipinski definition) is 5. The molecule has 0 aliphatic rings. The van der Waals surface area contributed by atoms with E-state index in [1.54, 1.807) is 0 Å². The number of ether oxygens (including phenoxy) is 1. The lowest BCUT2D eigenvalue weighted by molar-refractivity contribution is -0.288. The summed E-state index contributed by atoms with van der Waals surface area (Å²) in [6, 6.07) is 2.00. The van der Waals surface area contributed by atoms with E-state index in [2.05, 4.69) is 0 Å². The minimum Gasteiger partial charge on any atom is -0.487 e. The van der Waals surface area contributed by atoms with Crippen molar-refractivity contribution in [3.63, 3.8) is 0 Å². The van der Waals surface area contributed by atoms with Gasteiger partial charge in [-0.05, 0) is 61.1 Å². The van der Waals surface area contributed by atoms with Crippen molar-refractivity contribution in [1.29, 1.82) is 0 Å². The fourth-order valence-electron chi connectivity index (χ4n) is 3.93. The maximum absolute atomic E-state index is 14.6. The summed E-state index contributed by atoms with van der Waals surface area (Å²) in [6.45, 7) is 20.5. The first-order valence-electron chi connectivity index (χ1n) is 13.7. The summed E-state index contributed by atoms with van der Waals surface area (Å²) in [5.74, 6) is -0.719. The van der Waals surface area contributed by atoms with E-state index in [4.69, 9.17) is 4.74 Å². The molecule has 0 saturated carbocycles. The zero-order valence-electron chi connectivity index (χ0n) is 27.0. The van der Waals surface area contributed by atoms with Crippen LogP contribution in [-0.2, 0) is 31.1 Å². The zero-order chi connectivity index (χ0) is 35.9. The highest BCUT2D eigenvalue weighted by molar-refractivity contribution is 7.86. The number of alkyl halides is 6. The van der Waals surface area contributed by atoms with Gasteiger partial charge in [0.2, 0.25) is 5.41 Å². The fraction of sp³-hybridized carbons (Fsp3) is 0.586. The van der Waals surface area contributed by atoms with Crippen LogP contribution in [0.15, 0.2) is 46.2 Å². The maximum atomic E-state index is 14.6. The molecule has 7 nitrogen and oxygen atoms in total. The maximum Gasteiger partial charge on any atom is 0.411 e. The Kier molecular flexibility index (Phi) is 15.2. The van der Waals surface area contributed by atoms with Crippen LogP contribution in [0.3, 0.4) is 0 Å². The third-order valence-corrected chi connectivity index (χ3v) is 7.19. The molecule has 0 atom stereocenters. The molecule has 0 heterocycles. The van der Waals surface area contributed by atoms with Gasteiger partial charge in [-0.2, -0.15) is 43.2 Å². The van der Waals surface area contributed by atoms with Crippen molar-refractivity contribution < 1.29 is 57.0 Å².